The lowest BCUT2D eigenvalue weighted by atomic mass is 10.1. The molecular formula is C30H32Cl2FN3O6S. The van der Waals surface area contributed by atoms with Crippen LogP contribution in [-0.2, 0) is 26.2 Å². The van der Waals surface area contributed by atoms with Crippen molar-refractivity contribution < 1.29 is 31.9 Å². The third-order valence-electron chi connectivity index (χ3n) is 6.52. The minimum atomic E-state index is -4.41. The molecule has 4 rings (SSSR count). The molecule has 9 nitrogen and oxygen atoms in total. The van der Waals surface area contributed by atoms with E-state index in [0.29, 0.717) is 22.9 Å². The van der Waals surface area contributed by atoms with Crippen molar-refractivity contribution in [2.75, 3.05) is 24.1 Å². The first-order chi connectivity index (χ1) is 20.2. The molecule has 1 atom stereocenters. The van der Waals surface area contributed by atoms with Crippen LogP contribution < -0.4 is 19.1 Å². The highest BCUT2D eigenvalue weighted by Crippen LogP contribution is 2.34. The van der Waals surface area contributed by atoms with Crippen molar-refractivity contribution in [1.29, 1.82) is 0 Å². The van der Waals surface area contributed by atoms with Gasteiger partial charge in [0.1, 0.15) is 31.6 Å². The van der Waals surface area contributed by atoms with Gasteiger partial charge in [-0.25, -0.2) is 12.8 Å². The first-order valence-corrected chi connectivity index (χ1v) is 15.6. The van der Waals surface area contributed by atoms with Gasteiger partial charge in [0.15, 0.2) is 11.5 Å². The second kappa shape index (κ2) is 13.0. The average Bonchev–Trinajstić information content (AvgIpc) is 2.94. The summed E-state index contributed by atoms with van der Waals surface area (Å²) in [6.45, 7) is 6.69. The van der Waals surface area contributed by atoms with Gasteiger partial charge in [-0.1, -0.05) is 29.3 Å². The zero-order chi connectivity index (χ0) is 31.5. The highest BCUT2D eigenvalue weighted by molar-refractivity contribution is 7.92. The standard InChI is InChI=1S/C30H32Cl2FN3O6S/c1-19(29(38)34-30(2,3)4)35(17-20-5-6-21(31)15-25(20)32)28(37)18-36(23-9-7-22(33)8-10-23)43(39,40)24-11-12-26-27(16-24)42-14-13-41-26/h5-12,15-16,19H,13-14,17-18H2,1-4H3,(H,34,38). The first kappa shape index (κ1) is 32.4. The number of ether oxygens (including phenoxy) is 2. The number of anilines is 1. The average molecular weight is 653 g/mol. The molecule has 3 aromatic carbocycles. The summed E-state index contributed by atoms with van der Waals surface area (Å²) in [5.74, 6) is -1.11. The topological polar surface area (TPSA) is 105 Å². The molecule has 1 aliphatic rings. The Morgan fingerprint density at radius 2 is 1.63 bits per heavy atom. The van der Waals surface area contributed by atoms with E-state index in [1.165, 1.54) is 41.3 Å². The summed E-state index contributed by atoms with van der Waals surface area (Å²) in [4.78, 5) is 28.3. The van der Waals surface area contributed by atoms with Crippen molar-refractivity contribution in [3.8, 4) is 11.5 Å². The molecular weight excluding hydrogens is 620 g/mol. The quantitative estimate of drug-likeness (QED) is 0.331. The molecule has 230 valence electrons. The number of carbonyl (C=O) groups is 2. The molecule has 0 aliphatic carbocycles. The molecule has 0 bridgehead atoms. The number of rotatable bonds is 9. The van der Waals surface area contributed by atoms with Gasteiger partial charge in [0.25, 0.3) is 10.0 Å². The van der Waals surface area contributed by atoms with E-state index in [4.69, 9.17) is 32.7 Å². The Kier molecular flexibility index (Phi) is 9.78. The van der Waals surface area contributed by atoms with Gasteiger partial charge in [0.05, 0.1) is 10.6 Å². The summed E-state index contributed by atoms with van der Waals surface area (Å²) < 4.78 is 53.9. The van der Waals surface area contributed by atoms with E-state index in [9.17, 15) is 22.4 Å². The van der Waals surface area contributed by atoms with Gasteiger partial charge in [0.2, 0.25) is 11.8 Å². The molecule has 1 aliphatic heterocycles. The fourth-order valence-electron chi connectivity index (χ4n) is 4.34. The Bertz CT molecular complexity index is 1610. The first-order valence-electron chi connectivity index (χ1n) is 13.4. The molecule has 1 unspecified atom stereocenters. The van der Waals surface area contributed by atoms with Crippen molar-refractivity contribution in [2.45, 2.75) is 50.7 Å². The molecule has 0 spiro atoms. The van der Waals surface area contributed by atoms with Gasteiger partial charge in [-0.3, -0.25) is 13.9 Å². The molecule has 1 heterocycles. The van der Waals surface area contributed by atoms with E-state index >= 15 is 0 Å². The van der Waals surface area contributed by atoms with Crippen LogP contribution in [0.4, 0.5) is 10.1 Å². The molecule has 0 saturated carbocycles. The van der Waals surface area contributed by atoms with Gasteiger partial charge >= 0.3 is 0 Å². The molecule has 0 aromatic heterocycles. The highest BCUT2D eigenvalue weighted by atomic mass is 35.5. The maximum atomic E-state index is 14.1. The van der Waals surface area contributed by atoms with Crippen LogP contribution >= 0.6 is 23.2 Å². The number of fused-ring (bicyclic) bond motifs is 1. The maximum Gasteiger partial charge on any atom is 0.264 e. The van der Waals surface area contributed by atoms with Crippen molar-refractivity contribution >= 4 is 50.7 Å². The fraction of sp³-hybridized carbons (Fsp3) is 0.333. The normalized spacial score (nSPS) is 13.7. The van der Waals surface area contributed by atoms with Crippen molar-refractivity contribution in [3.63, 3.8) is 0 Å². The largest absolute Gasteiger partial charge is 0.486 e. The minimum absolute atomic E-state index is 0.0425. The minimum Gasteiger partial charge on any atom is -0.486 e. The van der Waals surface area contributed by atoms with Crippen molar-refractivity contribution in [2.24, 2.45) is 0 Å². The molecule has 3 aromatic rings. The summed E-state index contributed by atoms with van der Waals surface area (Å²) >= 11 is 12.5. The Hall–Kier alpha value is -3.54. The molecule has 43 heavy (non-hydrogen) atoms. The van der Waals surface area contributed by atoms with Crippen LogP contribution in [0.15, 0.2) is 65.6 Å². The van der Waals surface area contributed by atoms with E-state index in [1.807, 2.05) is 0 Å². The Labute approximate surface area is 260 Å². The number of carbonyl (C=O) groups excluding carboxylic acids is 2. The van der Waals surface area contributed by atoms with Crippen LogP contribution in [0, 0.1) is 5.82 Å². The third kappa shape index (κ3) is 7.90. The number of halogens is 3. The molecule has 2 amide bonds. The number of benzene rings is 3. The number of nitrogens with one attached hydrogen (secondary N) is 1. The van der Waals surface area contributed by atoms with E-state index < -0.39 is 45.8 Å². The SMILES string of the molecule is CC(C(=O)NC(C)(C)C)N(Cc1ccc(Cl)cc1Cl)C(=O)CN(c1ccc(F)cc1)S(=O)(=O)c1ccc2c(c1)OCCO2. The fourth-order valence-corrected chi connectivity index (χ4v) is 6.24. The van der Waals surface area contributed by atoms with Crippen molar-refractivity contribution in [1.82, 2.24) is 10.2 Å². The number of hydrogen-bond donors (Lipinski definition) is 1. The van der Waals surface area contributed by atoms with Gasteiger partial charge < -0.3 is 19.7 Å². The summed E-state index contributed by atoms with van der Waals surface area (Å²) in [7, 11) is -4.41. The summed E-state index contributed by atoms with van der Waals surface area (Å²) in [5, 5.41) is 3.51. The zero-order valence-electron chi connectivity index (χ0n) is 24.1. The van der Waals surface area contributed by atoms with Crippen LogP contribution in [0.2, 0.25) is 10.0 Å². The van der Waals surface area contributed by atoms with Crippen LogP contribution in [0.3, 0.4) is 0 Å². The predicted octanol–water partition coefficient (Wildman–Crippen LogP) is 5.43. The molecule has 13 heteroatoms. The number of sulfonamides is 1. The number of nitrogens with zero attached hydrogens (tertiary/aromatic N) is 2. The van der Waals surface area contributed by atoms with E-state index in [2.05, 4.69) is 5.32 Å². The lowest BCUT2D eigenvalue weighted by Gasteiger charge is -2.33. The zero-order valence-corrected chi connectivity index (χ0v) is 26.4. The van der Waals surface area contributed by atoms with Gasteiger partial charge in [-0.15, -0.1) is 0 Å². The lowest BCUT2D eigenvalue weighted by molar-refractivity contribution is -0.140. The second-order valence-electron chi connectivity index (χ2n) is 11.0. The highest BCUT2D eigenvalue weighted by Gasteiger charge is 2.34. The van der Waals surface area contributed by atoms with E-state index in [1.54, 1.807) is 39.8 Å². The smallest absolute Gasteiger partial charge is 0.264 e. The molecule has 0 saturated heterocycles. The van der Waals surface area contributed by atoms with Crippen LogP contribution in [0.1, 0.15) is 33.3 Å². The summed E-state index contributed by atoms with van der Waals surface area (Å²) in [5.41, 5.74) is -0.0570. The third-order valence-corrected chi connectivity index (χ3v) is 8.87. The molecule has 0 fully saturated rings. The summed E-state index contributed by atoms with van der Waals surface area (Å²) in [6, 6.07) is 12.6. The van der Waals surface area contributed by atoms with Gasteiger partial charge in [0, 0.05) is 28.2 Å². The lowest BCUT2D eigenvalue weighted by Crippen LogP contribution is -2.54. The van der Waals surface area contributed by atoms with Crippen LogP contribution in [0.25, 0.3) is 0 Å². The van der Waals surface area contributed by atoms with Gasteiger partial charge in [-0.05, 0) is 81.8 Å². The Morgan fingerprint density at radius 3 is 2.26 bits per heavy atom. The Morgan fingerprint density at radius 1 is 0.977 bits per heavy atom. The number of hydrogen-bond acceptors (Lipinski definition) is 6. The summed E-state index contributed by atoms with van der Waals surface area (Å²) in [6.07, 6.45) is 0. The Balaban J connectivity index is 1.74. The second-order valence-corrected chi connectivity index (χ2v) is 13.7. The van der Waals surface area contributed by atoms with Crippen LogP contribution in [0.5, 0.6) is 11.5 Å². The van der Waals surface area contributed by atoms with Crippen molar-refractivity contribution in [3.05, 3.63) is 82.1 Å². The predicted molar refractivity (Wildman–Crippen MR) is 163 cm³/mol. The molecule has 1 N–H and O–H groups in total. The number of amides is 2. The van der Waals surface area contributed by atoms with Gasteiger partial charge in [-0.2, -0.15) is 0 Å². The van der Waals surface area contributed by atoms with E-state index in [0.717, 1.165) is 16.4 Å². The molecule has 0 radical (unpaired) electrons. The van der Waals surface area contributed by atoms with Crippen LogP contribution in [-0.4, -0.2) is 56.5 Å². The monoisotopic (exact) mass is 651 g/mol. The maximum absolute atomic E-state index is 14.1. The van der Waals surface area contributed by atoms with E-state index in [-0.39, 0.29) is 34.5 Å².